The Morgan fingerprint density at radius 2 is 1.88 bits per heavy atom. The molecule has 0 amide bonds. The van der Waals surface area contributed by atoms with Gasteiger partial charge in [-0.05, 0) is 42.0 Å². The van der Waals surface area contributed by atoms with Crippen molar-refractivity contribution in [3.05, 3.63) is 91.1 Å². The van der Waals surface area contributed by atoms with Crippen LogP contribution in [-0.2, 0) is 13.2 Å². The van der Waals surface area contributed by atoms with Crippen LogP contribution in [0.1, 0.15) is 11.1 Å². The van der Waals surface area contributed by atoms with Gasteiger partial charge in [-0.2, -0.15) is 5.10 Å². The van der Waals surface area contributed by atoms with Gasteiger partial charge in [-0.25, -0.2) is 9.77 Å². The van der Waals surface area contributed by atoms with Crippen LogP contribution in [0, 0.1) is 4.77 Å². The van der Waals surface area contributed by atoms with Gasteiger partial charge in [0.1, 0.15) is 6.61 Å². The Bertz CT molecular complexity index is 1330. The van der Waals surface area contributed by atoms with Gasteiger partial charge in [0, 0.05) is 15.6 Å². The van der Waals surface area contributed by atoms with E-state index in [-0.39, 0.29) is 6.61 Å². The van der Waals surface area contributed by atoms with Crippen LogP contribution in [0.2, 0.25) is 10.0 Å². The minimum absolute atomic E-state index is 0.289. The van der Waals surface area contributed by atoms with E-state index < -0.39 is 0 Å². The van der Waals surface area contributed by atoms with Crippen molar-refractivity contribution in [3.63, 3.8) is 0 Å². The molecule has 4 rings (SSSR count). The number of benzene rings is 3. The van der Waals surface area contributed by atoms with Gasteiger partial charge < -0.3 is 14.9 Å². The van der Waals surface area contributed by atoms with Crippen molar-refractivity contribution in [2.75, 3.05) is 12.5 Å². The lowest BCUT2D eigenvalue weighted by atomic mass is 10.1. The zero-order valence-corrected chi connectivity index (χ0v) is 21.4. The van der Waals surface area contributed by atoms with Gasteiger partial charge in [-0.15, -0.1) is 0 Å². The molecule has 0 radical (unpaired) electrons. The fraction of sp³-hybridized carbons (Fsp3) is 0.130. The van der Waals surface area contributed by atoms with Crippen LogP contribution in [-0.4, -0.2) is 22.0 Å². The fourth-order valence-electron chi connectivity index (χ4n) is 3.23. The van der Waals surface area contributed by atoms with E-state index in [0.29, 0.717) is 38.7 Å². The third-order valence-corrected chi connectivity index (χ3v) is 6.63. The van der Waals surface area contributed by atoms with Crippen molar-refractivity contribution in [2.24, 2.45) is 0 Å². The third-order valence-electron chi connectivity index (χ3n) is 4.87. The van der Waals surface area contributed by atoms with Gasteiger partial charge in [-0.1, -0.05) is 75.5 Å². The number of H-pyrrole nitrogens is 1. The first-order chi connectivity index (χ1) is 16.0. The van der Waals surface area contributed by atoms with E-state index in [1.165, 1.54) is 0 Å². The highest BCUT2D eigenvalue weighted by Gasteiger charge is 2.17. The molecule has 1 aromatic heterocycles. The Balaban J connectivity index is 1.61. The lowest BCUT2D eigenvalue weighted by molar-refractivity contribution is 0.281. The lowest BCUT2D eigenvalue weighted by Gasteiger charge is -2.18. The Morgan fingerprint density at radius 1 is 1.09 bits per heavy atom. The van der Waals surface area contributed by atoms with E-state index in [0.717, 1.165) is 21.2 Å². The number of ether oxygens (including phenoxy) is 2. The number of hydrogen-bond donors (Lipinski definition) is 2. The summed E-state index contributed by atoms with van der Waals surface area (Å²) in [5.41, 5.74) is 6.01. The standard InChI is InChI=1S/C23H19BrCl2N4O2S/c1-31-20-10-8-17(24)16(21(20)32-13-14-7-9-18(25)19(26)11-14)12-27-30-22(28-29-23(30)33)15-5-3-2-4-6-15/h2-11,27H,12-13H2,1H3,(H,29,33). The summed E-state index contributed by atoms with van der Waals surface area (Å²) in [6, 6.07) is 18.9. The Hall–Kier alpha value is -2.52. The Labute approximate surface area is 214 Å². The molecule has 0 aliphatic heterocycles. The van der Waals surface area contributed by atoms with Gasteiger partial charge in [0.25, 0.3) is 0 Å². The van der Waals surface area contributed by atoms with Gasteiger partial charge in [0.2, 0.25) is 4.77 Å². The van der Waals surface area contributed by atoms with Gasteiger partial charge in [0.05, 0.1) is 23.7 Å². The summed E-state index contributed by atoms with van der Waals surface area (Å²) in [5, 5.41) is 8.18. The predicted molar refractivity (Wildman–Crippen MR) is 137 cm³/mol. The smallest absolute Gasteiger partial charge is 0.214 e. The lowest BCUT2D eigenvalue weighted by Crippen LogP contribution is -2.17. The second-order valence-electron chi connectivity index (χ2n) is 6.98. The van der Waals surface area contributed by atoms with Gasteiger partial charge in [-0.3, -0.25) is 0 Å². The first-order valence-corrected chi connectivity index (χ1v) is 11.8. The maximum atomic E-state index is 6.18. The summed E-state index contributed by atoms with van der Waals surface area (Å²) in [7, 11) is 1.60. The van der Waals surface area contributed by atoms with Gasteiger partial charge >= 0.3 is 0 Å². The molecule has 0 unspecified atom stereocenters. The number of halogens is 3. The molecule has 10 heteroatoms. The molecule has 0 aliphatic rings. The maximum Gasteiger partial charge on any atom is 0.214 e. The molecule has 0 aliphatic carbocycles. The van der Waals surface area contributed by atoms with Crippen molar-refractivity contribution < 1.29 is 9.47 Å². The first-order valence-electron chi connectivity index (χ1n) is 9.86. The van der Waals surface area contributed by atoms with Crippen LogP contribution >= 0.6 is 51.3 Å². The summed E-state index contributed by atoms with van der Waals surface area (Å²) in [6.07, 6.45) is 0. The summed E-state index contributed by atoms with van der Waals surface area (Å²) in [6.45, 7) is 0.680. The molecule has 0 bridgehead atoms. The van der Waals surface area contributed by atoms with Crippen LogP contribution in [0.15, 0.2) is 65.1 Å². The van der Waals surface area contributed by atoms with Crippen molar-refractivity contribution in [2.45, 2.75) is 13.2 Å². The van der Waals surface area contributed by atoms with Crippen LogP contribution in [0.4, 0.5) is 0 Å². The molecule has 0 fully saturated rings. The van der Waals surface area contributed by atoms with Crippen LogP contribution in [0.3, 0.4) is 0 Å². The largest absolute Gasteiger partial charge is 0.493 e. The topological polar surface area (TPSA) is 64.1 Å². The van der Waals surface area contributed by atoms with Crippen LogP contribution < -0.4 is 14.9 Å². The van der Waals surface area contributed by atoms with Crippen molar-refractivity contribution in [1.29, 1.82) is 0 Å². The summed E-state index contributed by atoms with van der Waals surface area (Å²) < 4.78 is 14.8. The summed E-state index contributed by atoms with van der Waals surface area (Å²) in [5.74, 6) is 1.88. The minimum Gasteiger partial charge on any atom is -0.493 e. The average molecular weight is 566 g/mol. The Kier molecular flexibility index (Phi) is 7.60. The molecular weight excluding hydrogens is 547 g/mol. The quantitative estimate of drug-likeness (QED) is 0.225. The Morgan fingerprint density at radius 3 is 2.61 bits per heavy atom. The van der Waals surface area contributed by atoms with Crippen molar-refractivity contribution in [3.8, 4) is 22.9 Å². The molecule has 33 heavy (non-hydrogen) atoms. The first kappa shape index (κ1) is 23.6. The van der Waals surface area contributed by atoms with E-state index in [1.54, 1.807) is 23.9 Å². The predicted octanol–water partition coefficient (Wildman–Crippen LogP) is 7.01. The summed E-state index contributed by atoms with van der Waals surface area (Å²) in [4.78, 5) is 0. The number of methoxy groups -OCH3 is 1. The zero-order chi connectivity index (χ0) is 23.4. The van der Waals surface area contributed by atoms with E-state index in [4.69, 9.17) is 44.9 Å². The average Bonchev–Trinajstić information content (AvgIpc) is 3.20. The highest BCUT2D eigenvalue weighted by atomic mass is 79.9. The second-order valence-corrected chi connectivity index (χ2v) is 9.04. The van der Waals surface area contributed by atoms with E-state index >= 15 is 0 Å². The molecule has 0 saturated carbocycles. The maximum absolute atomic E-state index is 6.18. The highest BCUT2D eigenvalue weighted by molar-refractivity contribution is 9.10. The van der Waals surface area contributed by atoms with E-state index in [2.05, 4.69) is 31.6 Å². The molecule has 0 atom stereocenters. The molecule has 4 aromatic rings. The van der Waals surface area contributed by atoms with Crippen LogP contribution in [0.5, 0.6) is 11.5 Å². The minimum atomic E-state index is 0.289. The molecule has 6 nitrogen and oxygen atoms in total. The number of hydrogen-bond acceptors (Lipinski definition) is 5. The zero-order valence-electron chi connectivity index (χ0n) is 17.4. The molecule has 1 heterocycles. The number of nitrogens with zero attached hydrogens (tertiary/aromatic N) is 2. The molecule has 3 aromatic carbocycles. The molecular formula is C23H19BrCl2N4O2S. The third kappa shape index (κ3) is 5.35. The van der Waals surface area contributed by atoms with Crippen molar-refractivity contribution in [1.82, 2.24) is 14.9 Å². The molecule has 170 valence electrons. The SMILES string of the molecule is COc1ccc(Br)c(CNn2c(-c3ccccc3)n[nH]c2=S)c1OCc1ccc(Cl)c(Cl)c1. The number of aromatic nitrogens is 3. The number of nitrogens with one attached hydrogen (secondary N) is 2. The number of rotatable bonds is 8. The monoisotopic (exact) mass is 564 g/mol. The van der Waals surface area contributed by atoms with Gasteiger partial charge in [0.15, 0.2) is 17.3 Å². The highest BCUT2D eigenvalue weighted by Crippen LogP contribution is 2.37. The summed E-state index contributed by atoms with van der Waals surface area (Å²) >= 11 is 21.2. The molecule has 0 saturated heterocycles. The van der Waals surface area contributed by atoms with Crippen molar-refractivity contribution >= 4 is 51.3 Å². The van der Waals surface area contributed by atoms with E-state index in [1.807, 2.05) is 48.5 Å². The normalized spacial score (nSPS) is 10.8. The molecule has 2 N–H and O–H groups in total. The fourth-order valence-corrected chi connectivity index (χ4v) is 4.20. The van der Waals surface area contributed by atoms with E-state index in [9.17, 15) is 0 Å². The van der Waals surface area contributed by atoms with Crippen LogP contribution in [0.25, 0.3) is 11.4 Å². The second kappa shape index (κ2) is 10.6. The number of aromatic amines is 1. The molecule has 0 spiro atoms.